The predicted molar refractivity (Wildman–Crippen MR) is 112 cm³/mol. The van der Waals surface area contributed by atoms with Crippen LogP contribution in [0.15, 0.2) is 36.5 Å². The monoisotopic (exact) mass is 391 g/mol. The highest BCUT2D eigenvalue weighted by molar-refractivity contribution is 6.16. The lowest BCUT2D eigenvalue weighted by Crippen LogP contribution is -2.41. The zero-order valence-electron chi connectivity index (χ0n) is 16.8. The highest BCUT2D eigenvalue weighted by Gasteiger charge is 2.45. The summed E-state index contributed by atoms with van der Waals surface area (Å²) in [5.41, 5.74) is 2.80. The zero-order chi connectivity index (χ0) is 20.2. The quantitative estimate of drug-likeness (QED) is 0.749. The Kier molecular flexibility index (Phi) is 4.10. The Balaban J connectivity index is 1.57. The Labute approximate surface area is 170 Å². The third kappa shape index (κ3) is 2.97. The average Bonchev–Trinajstić information content (AvgIpc) is 3.25. The number of nitrogens with zero attached hydrogens (tertiary/aromatic N) is 4. The van der Waals surface area contributed by atoms with Crippen molar-refractivity contribution >= 4 is 29.1 Å². The van der Waals surface area contributed by atoms with Gasteiger partial charge in [-0.15, -0.1) is 0 Å². The molecule has 1 N–H and O–H groups in total. The molecule has 1 spiro atoms. The van der Waals surface area contributed by atoms with E-state index in [4.69, 9.17) is 0 Å². The number of rotatable bonds is 0. The number of hydrogen-bond acceptors (Lipinski definition) is 4. The molecule has 1 aromatic heterocycles. The zero-order valence-corrected chi connectivity index (χ0v) is 16.8. The van der Waals surface area contributed by atoms with Crippen molar-refractivity contribution in [1.29, 1.82) is 0 Å². The van der Waals surface area contributed by atoms with E-state index in [1.54, 1.807) is 29.3 Å². The summed E-state index contributed by atoms with van der Waals surface area (Å²) >= 11 is 0. The fraction of sp³-hybridized carbons (Fsp3) is 0.409. The molecule has 0 radical (unpaired) electrons. The Morgan fingerprint density at radius 3 is 2.79 bits per heavy atom. The van der Waals surface area contributed by atoms with Crippen LogP contribution in [0.3, 0.4) is 0 Å². The van der Waals surface area contributed by atoms with Gasteiger partial charge in [0.1, 0.15) is 0 Å². The predicted octanol–water partition coefficient (Wildman–Crippen LogP) is 3.24. The Bertz CT molecular complexity index is 1010. The van der Waals surface area contributed by atoms with E-state index in [0.29, 0.717) is 22.8 Å². The van der Waals surface area contributed by atoms with Crippen LogP contribution in [-0.2, 0) is 0 Å². The molecule has 2 fully saturated rings. The maximum atomic E-state index is 13.8. The first-order chi connectivity index (χ1) is 14.0. The topological polar surface area (TPSA) is 68.8 Å². The summed E-state index contributed by atoms with van der Waals surface area (Å²) in [5, 5.41) is 2.91. The van der Waals surface area contributed by atoms with Crippen LogP contribution in [0, 0.1) is 12.3 Å². The van der Waals surface area contributed by atoms with Crippen molar-refractivity contribution in [2.75, 3.05) is 43.4 Å². The Morgan fingerprint density at radius 2 is 2.00 bits per heavy atom. The van der Waals surface area contributed by atoms with Crippen molar-refractivity contribution in [2.45, 2.75) is 19.8 Å². The van der Waals surface area contributed by atoms with Gasteiger partial charge < -0.3 is 15.1 Å². The summed E-state index contributed by atoms with van der Waals surface area (Å²) in [4.78, 5) is 37.0. The van der Waals surface area contributed by atoms with Crippen LogP contribution in [0.4, 0.5) is 22.0 Å². The summed E-state index contributed by atoms with van der Waals surface area (Å²) in [6, 6.07) is 9.01. The van der Waals surface area contributed by atoms with E-state index >= 15 is 0 Å². The first kappa shape index (κ1) is 18.1. The molecular formula is C22H25N5O2. The summed E-state index contributed by atoms with van der Waals surface area (Å²) in [5.74, 6) is 0.250. The van der Waals surface area contributed by atoms with Gasteiger partial charge in [0, 0.05) is 31.2 Å². The third-order valence-electron chi connectivity index (χ3n) is 6.41. The van der Waals surface area contributed by atoms with E-state index in [1.807, 2.05) is 24.0 Å². The van der Waals surface area contributed by atoms with E-state index in [0.717, 1.165) is 44.6 Å². The smallest absolute Gasteiger partial charge is 0.323 e. The Hall–Kier alpha value is -2.93. The van der Waals surface area contributed by atoms with Crippen LogP contribution in [0.5, 0.6) is 0 Å². The summed E-state index contributed by atoms with van der Waals surface area (Å²) in [6.07, 6.45) is 3.80. The molecule has 29 heavy (non-hydrogen) atoms. The molecule has 150 valence electrons. The van der Waals surface area contributed by atoms with Gasteiger partial charge in [-0.2, -0.15) is 0 Å². The molecule has 3 amide bonds. The van der Waals surface area contributed by atoms with Crippen LogP contribution >= 0.6 is 0 Å². The highest BCUT2D eigenvalue weighted by atomic mass is 16.2. The van der Waals surface area contributed by atoms with Crippen molar-refractivity contribution in [3.8, 4) is 0 Å². The highest BCUT2D eigenvalue weighted by Crippen LogP contribution is 2.42. The van der Waals surface area contributed by atoms with Gasteiger partial charge >= 0.3 is 6.03 Å². The fourth-order valence-corrected chi connectivity index (χ4v) is 4.92. The van der Waals surface area contributed by atoms with Gasteiger partial charge in [-0.1, -0.05) is 6.07 Å². The van der Waals surface area contributed by atoms with Crippen molar-refractivity contribution in [3.63, 3.8) is 0 Å². The third-order valence-corrected chi connectivity index (χ3v) is 6.41. The molecule has 3 aliphatic rings. The van der Waals surface area contributed by atoms with Crippen LogP contribution in [0.1, 0.15) is 28.8 Å². The summed E-state index contributed by atoms with van der Waals surface area (Å²) in [6.45, 7) is 5.55. The first-order valence-electron chi connectivity index (χ1n) is 10.1. The molecule has 5 rings (SSSR count). The number of anilines is 3. The molecule has 2 saturated heterocycles. The van der Waals surface area contributed by atoms with Gasteiger partial charge in [0.25, 0.3) is 5.91 Å². The molecule has 1 aromatic carbocycles. The lowest BCUT2D eigenvalue weighted by molar-refractivity contribution is 0.102. The van der Waals surface area contributed by atoms with Crippen molar-refractivity contribution in [3.05, 3.63) is 47.7 Å². The number of aryl methyl sites for hydroxylation is 1. The van der Waals surface area contributed by atoms with Crippen LogP contribution < -0.4 is 10.2 Å². The molecule has 0 bridgehead atoms. The molecule has 0 saturated carbocycles. The second kappa shape index (κ2) is 6.56. The maximum absolute atomic E-state index is 13.8. The lowest BCUT2D eigenvalue weighted by atomic mass is 9.86. The van der Waals surface area contributed by atoms with E-state index in [1.165, 1.54) is 0 Å². The van der Waals surface area contributed by atoms with Gasteiger partial charge in [0.05, 0.1) is 16.9 Å². The van der Waals surface area contributed by atoms with Crippen molar-refractivity contribution < 1.29 is 9.59 Å². The fourth-order valence-electron chi connectivity index (χ4n) is 4.92. The minimum absolute atomic E-state index is 0.111. The molecule has 1 unspecified atom stereocenters. The number of hydrogen-bond donors (Lipinski definition) is 1. The summed E-state index contributed by atoms with van der Waals surface area (Å²) in [7, 11) is 2.14. The molecule has 7 nitrogen and oxygen atoms in total. The van der Waals surface area contributed by atoms with E-state index < -0.39 is 0 Å². The molecule has 3 aliphatic heterocycles. The van der Waals surface area contributed by atoms with Gasteiger partial charge in [-0.05, 0) is 63.2 Å². The molecule has 7 heteroatoms. The van der Waals surface area contributed by atoms with E-state index in [2.05, 4.69) is 22.2 Å². The number of amides is 3. The molecule has 0 aliphatic carbocycles. The number of benzene rings is 1. The number of carbonyl (C=O) groups is 2. The van der Waals surface area contributed by atoms with Crippen LogP contribution in [-0.4, -0.2) is 59.9 Å². The van der Waals surface area contributed by atoms with E-state index in [-0.39, 0.29) is 17.4 Å². The first-order valence-corrected chi connectivity index (χ1v) is 10.1. The van der Waals surface area contributed by atoms with Gasteiger partial charge in [0.15, 0.2) is 5.82 Å². The van der Waals surface area contributed by atoms with E-state index in [9.17, 15) is 9.59 Å². The van der Waals surface area contributed by atoms with Crippen molar-refractivity contribution in [1.82, 2.24) is 14.8 Å². The number of fused-ring (bicyclic) bond motifs is 2. The number of likely N-dealkylation sites (tertiary alicyclic amines) is 2. The number of urea groups is 1. The lowest BCUT2D eigenvalue weighted by Gasteiger charge is -2.29. The number of nitrogens with one attached hydrogen (secondary N) is 1. The maximum Gasteiger partial charge on any atom is 0.330 e. The summed E-state index contributed by atoms with van der Waals surface area (Å²) < 4.78 is 0. The largest absolute Gasteiger partial charge is 0.330 e. The second-order valence-electron chi connectivity index (χ2n) is 8.63. The minimum Gasteiger partial charge on any atom is -0.323 e. The van der Waals surface area contributed by atoms with Crippen LogP contribution in [0.25, 0.3) is 0 Å². The Morgan fingerprint density at radius 1 is 1.17 bits per heavy atom. The second-order valence-corrected chi connectivity index (χ2v) is 8.63. The standard InChI is InChI=1S/C22H25N5O2/c1-15-5-6-16-18(12-15)27(19-17(24-20(16)28)4-3-9-23-19)21(29)26-11-8-22(14-26)7-10-25(2)13-22/h3-6,9,12H,7-8,10-11,13-14H2,1-2H3,(H,24,28). The minimum atomic E-state index is -0.222. The average molecular weight is 391 g/mol. The van der Waals surface area contributed by atoms with Gasteiger partial charge in [-0.3, -0.25) is 4.79 Å². The molecule has 2 aromatic rings. The number of carbonyl (C=O) groups excluding carboxylic acids is 2. The van der Waals surface area contributed by atoms with Crippen molar-refractivity contribution in [2.24, 2.45) is 5.41 Å². The molecular weight excluding hydrogens is 366 g/mol. The van der Waals surface area contributed by atoms with Crippen LogP contribution in [0.2, 0.25) is 0 Å². The van der Waals surface area contributed by atoms with Gasteiger partial charge in [-0.25, -0.2) is 14.7 Å². The number of pyridine rings is 1. The van der Waals surface area contributed by atoms with Gasteiger partial charge in [0.2, 0.25) is 0 Å². The normalized spacial score (nSPS) is 23.7. The SMILES string of the molecule is Cc1ccc2c(c1)N(C(=O)N1CCC3(CCN(C)C3)C1)c1ncccc1NC2=O. The number of aromatic nitrogens is 1. The molecule has 4 heterocycles. The molecule has 1 atom stereocenters.